The molecule has 6 rings (SSSR count). The van der Waals surface area contributed by atoms with Crippen LogP contribution in [0.5, 0.6) is 28.7 Å². The summed E-state index contributed by atoms with van der Waals surface area (Å²) in [6.07, 6.45) is 9.27. The van der Waals surface area contributed by atoms with Crippen molar-refractivity contribution >= 4 is 0 Å². The van der Waals surface area contributed by atoms with E-state index >= 15 is 0 Å². The largest absolute Gasteiger partial charge is 0.458 e. The number of allylic oxidation sites excluding steroid dienone is 5. The number of benzene rings is 5. The van der Waals surface area contributed by atoms with Gasteiger partial charge in [0.2, 0.25) is 0 Å². The summed E-state index contributed by atoms with van der Waals surface area (Å²) >= 11 is 0. The first-order valence-electron chi connectivity index (χ1n) is 14.4. The van der Waals surface area contributed by atoms with Gasteiger partial charge in [0.1, 0.15) is 34.5 Å². The van der Waals surface area contributed by atoms with Gasteiger partial charge in [0.05, 0.1) is 0 Å². The Hall–Kier alpha value is -5.28. The molecule has 0 radical (unpaired) electrons. The summed E-state index contributed by atoms with van der Waals surface area (Å²) in [6.45, 7) is 6.22. The molecule has 0 saturated carbocycles. The second-order valence-electron chi connectivity index (χ2n) is 10.00. The fraction of sp³-hybridized carbons (Fsp3) is 0.100. The molecule has 5 aromatic carbocycles. The molecule has 0 fully saturated rings. The zero-order valence-electron chi connectivity index (χ0n) is 25.0. The first-order chi connectivity index (χ1) is 21.0. The zero-order chi connectivity index (χ0) is 30.1. The Morgan fingerprint density at radius 2 is 0.744 bits per heavy atom. The monoisotopic (exact) mass is 566 g/mol. The summed E-state index contributed by atoms with van der Waals surface area (Å²) in [4.78, 5) is 0. The van der Waals surface area contributed by atoms with Crippen molar-refractivity contribution in [3.05, 3.63) is 186 Å². The molecule has 0 aliphatic heterocycles. The van der Waals surface area contributed by atoms with Gasteiger partial charge in [0.25, 0.3) is 0 Å². The molecule has 1 aliphatic rings. The van der Waals surface area contributed by atoms with E-state index in [4.69, 9.17) is 14.2 Å². The quantitative estimate of drug-likeness (QED) is 0.205. The van der Waals surface area contributed by atoms with Gasteiger partial charge in [-0.05, 0) is 100 Å². The summed E-state index contributed by atoms with van der Waals surface area (Å²) in [5, 5.41) is 0. The van der Waals surface area contributed by atoms with E-state index in [0.717, 1.165) is 40.9 Å². The van der Waals surface area contributed by atoms with Crippen LogP contribution in [0.3, 0.4) is 0 Å². The molecular formula is C40H38O3. The van der Waals surface area contributed by atoms with Gasteiger partial charge in [-0.3, -0.25) is 0 Å². The second-order valence-corrected chi connectivity index (χ2v) is 10.00. The molecule has 0 bridgehead atoms. The fourth-order valence-electron chi connectivity index (χ4n) is 3.87. The highest BCUT2D eigenvalue weighted by molar-refractivity contribution is 5.34. The van der Waals surface area contributed by atoms with Crippen LogP contribution in [-0.2, 0) is 0 Å². The molecule has 1 aliphatic carbocycles. The number of para-hydroxylation sites is 3. The van der Waals surface area contributed by atoms with Crippen LogP contribution in [0.1, 0.15) is 24.5 Å². The first kappa shape index (κ1) is 30.7. The number of hydrogen-bond acceptors (Lipinski definition) is 3. The maximum absolute atomic E-state index is 5.72. The highest BCUT2D eigenvalue weighted by Crippen LogP contribution is 2.22. The molecule has 0 aromatic heterocycles. The summed E-state index contributed by atoms with van der Waals surface area (Å²) in [5.74, 6) is 5.29. The van der Waals surface area contributed by atoms with Gasteiger partial charge in [-0.2, -0.15) is 0 Å². The van der Waals surface area contributed by atoms with E-state index in [2.05, 4.69) is 39.0 Å². The average molecular weight is 567 g/mol. The molecule has 0 amide bonds. The van der Waals surface area contributed by atoms with Crippen molar-refractivity contribution in [3.63, 3.8) is 0 Å². The van der Waals surface area contributed by atoms with Gasteiger partial charge in [0, 0.05) is 0 Å². The van der Waals surface area contributed by atoms with Crippen molar-refractivity contribution in [2.24, 2.45) is 0 Å². The van der Waals surface area contributed by atoms with Gasteiger partial charge in [-0.15, -0.1) is 0 Å². The number of hydrogen-bond donors (Lipinski definition) is 0. The molecule has 5 aromatic rings. The van der Waals surface area contributed by atoms with Crippen molar-refractivity contribution in [1.82, 2.24) is 0 Å². The predicted octanol–water partition coefficient (Wildman–Crippen LogP) is 11.4. The Balaban J connectivity index is 0.000000148. The molecule has 3 heteroatoms. The van der Waals surface area contributed by atoms with Crippen molar-refractivity contribution < 1.29 is 14.2 Å². The molecular weight excluding hydrogens is 528 g/mol. The minimum Gasteiger partial charge on any atom is -0.458 e. The summed E-state index contributed by atoms with van der Waals surface area (Å²) < 4.78 is 17.0. The predicted molar refractivity (Wildman–Crippen MR) is 178 cm³/mol. The second kappa shape index (κ2) is 16.9. The van der Waals surface area contributed by atoms with Gasteiger partial charge in [-0.1, -0.05) is 108 Å². The molecule has 0 atom stereocenters. The van der Waals surface area contributed by atoms with Crippen LogP contribution in [0.2, 0.25) is 0 Å². The third-order valence-corrected chi connectivity index (χ3v) is 6.25. The minimum absolute atomic E-state index is 0.872. The van der Waals surface area contributed by atoms with Gasteiger partial charge in [-0.25, -0.2) is 0 Å². The highest BCUT2D eigenvalue weighted by atomic mass is 16.5. The Labute approximate surface area is 256 Å². The molecule has 216 valence electrons. The fourth-order valence-corrected chi connectivity index (χ4v) is 3.87. The van der Waals surface area contributed by atoms with Crippen molar-refractivity contribution in [3.8, 4) is 28.7 Å². The van der Waals surface area contributed by atoms with E-state index in [-0.39, 0.29) is 0 Å². The standard InChI is InChI=1S/C14H14O.2C13H12O/c1-12-6-5-9-14(11-10-12)15-13-7-3-2-4-8-13;2*1-11-7-9-13(10-8-11)14-12-5-3-2-4-6-12/h2-4,6-11H,5H2,1H3;2*2-10H,1H3. The van der Waals surface area contributed by atoms with Crippen LogP contribution >= 0.6 is 0 Å². The lowest BCUT2D eigenvalue weighted by Crippen LogP contribution is -1.91. The van der Waals surface area contributed by atoms with E-state index < -0.39 is 0 Å². The number of ether oxygens (including phenoxy) is 3. The normalized spacial score (nSPS) is 11.7. The highest BCUT2D eigenvalue weighted by Gasteiger charge is 1.99. The lowest BCUT2D eigenvalue weighted by molar-refractivity contribution is 0.443. The molecule has 43 heavy (non-hydrogen) atoms. The van der Waals surface area contributed by atoms with Crippen molar-refractivity contribution in [2.75, 3.05) is 0 Å². The number of rotatable bonds is 6. The van der Waals surface area contributed by atoms with E-state index in [1.54, 1.807) is 0 Å². The molecule has 0 spiro atoms. The average Bonchev–Trinajstić information content (AvgIpc) is 3.25. The molecule has 0 N–H and O–H groups in total. The van der Waals surface area contributed by atoms with Crippen LogP contribution < -0.4 is 14.2 Å². The van der Waals surface area contributed by atoms with Gasteiger partial charge < -0.3 is 14.2 Å². The Morgan fingerprint density at radius 1 is 0.372 bits per heavy atom. The zero-order valence-corrected chi connectivity index (χ0v) is 25.0. The Bertz CT molecular complexity index is 1500. The van der Waals surface area contributed by atoms with E-state index in [1.165, 1.54) is 16.7 Å². The maximum atomic E-state index is 5.72. The summed E-state index contributed by atoms with van der Waals surface area (Å²) in [6, 6.07) is 45.5. The van der Waals surface area contributed by atoms with E-state index in [1.807, 2.05) is 146 Å². The third-order valence-electron chi connectivity index (χ3n) is 6.25. The lowest BCUT2D eigenvalue weighted by Gasteiger charge is -2.04. The SMILES string of the molecule is CC1=CCC=C(Oc2ccccc2)C=C1.Cc1ccc(Oc2ccccc2)cc1.Cc1ccc(Oc2ccccc2)cc1. The molecule has 0 unspecified atom stereocenters. The van der Waals surface area contributed by atoms with E-state index in [9.17, 15) is 0 Å². The maximum Gasteiger partial charge on any atom is 0.127 e. The van der Waals surface area contributed by atoms with Crippen LogP contribution in [0.15, 0.2) is 175 Å². The topological polar surface area (TPSA) is 27.7 Å². The summed E-state index contributed by atoms with van der Waals surface area (Å²) in [7, 11) is 0. The third kappa shape index (κ3) is 11.6. The molecule has 3 nitrogen and oxygen atoms in total. The Morgan fingerprint density at radius 3 is 1.16 bits per heavy atom. The number of aryl methyl sites for hydroxylation is 2. The van der Waals surface area contributed by atoms with Crippen LogP contribution in [-0.4, -0.2) is 0 Å². The summed E-state index contributed by atoms with van der Waals surface area (Å²) in [5.41, 5.74) is 3.76. The van der Waals surface area contributed by atoms with E-state index in [0.29, 0.717) is 0 Å². The van der Waals surface area contributed by atoms with Crippen LogP contribution in [0.25, 0.3) is 0 Å². The minimum atomic E-state index is 0.872. The van der Waals surface area contributed by atoms with Crippen LogP contribution in [0.4, 0.5) is 0 Å². The van der Waals surface area contributed by atoms with Gasteiger partial charge >= 0.3 is 0 Å². The van der Waals surface area contributed by atoms with Crippen molar-refractivity contribution in [1.29, 1.82) is 0 Å². The Kier molecular flexibility index (Phi) is 12.0. The first-order valence-corrected chi connectivity index (χ1v) is 14.4. The van der Waals surface area contributed by atoms with Crippen molar-refractivity contribution in [2.45, 2.75) is 27.2 Å². The molecule has 0 heterocycles. The lowest BCUT2D eigenvalue weighted by atomic mass is 10.2. The smallest absolute Gasteiger partial charge is 0.127 e. The molecule has 0 saturated heterocycles. The van der Waals surface area contributed by atoms with Gasteiger partial charge in [0.15, 0.2) is 0 Å². The van der Waals surface area contributed by atoms with Crippen LogP contribution in [0, 0.1) is 13.8 Å².